The van der Waals surface area contributed by atoms with E-state index in [0.29, 0.717) is 23.6 Å². The molecule has 1 aliphatic rings. The van der Waals surface area contributed by atoms with E-state index in [1.165, 1.54) is 5.56 Å². The number of alkyl halides is 3. The largest absolute Gasteiger partial charge is 0.434 e. The molecule has 1 aromatic carbocycles. The second-order valence-corrected chi connectivity index (χ2v) is 8.10. The first-order valence-corrected chi connectivity index (χ1v) is 10.6. The molecule has 0 saturated carbocycles. The summed E-state index contributed by atoms with van der Waals surface area (Å²) in [7, 11) is 0. The monoisotopic (exact) mass is 553 g/mol. The van der Waals surface area contributed by atoms with Gasteiger partial charge >= 0.3 is 6.18 Å². The van der Waals surface area contributed by atoms with Crippen LogP contribution in [0, 0.1) is 0 Å². The van der Waals surface area contributed by atoms with Gasteiger partial charge in [0.25, 0.3) is 0 Å². The predicted molar refractivity (Wildman–Crippen MR) is 125 cm³/mol. The molecule has 166 valence electrons. The smallest absolute Gasteiger partial charge is 0.357 e. The average molecular weight is 553 g/mol. The molecule has 1 aliphatic heterocycles. The van der Waals surface area contributed by atoms with Gasteiger partial charge in [0.1, 0.15) is 5.01 Å². The summed E-state index contributed by atoms with van der Waals surface area (Å²) in [4.78, 5) is 10.5. The maximum Gasteiger partial charge on any atom is 0.434 e. The van der Waals surface area contributed by atoms with Crippen LogP contribution in [0.5, 0.6) is 0 Å². The molecule has 3 rings (SSSR count). The van der Waals surface area contributed by atoms with Crippen molar-refractivity contribution in [2.24, 2.45) is 4.99 Å². The zero-order chi connectivity index (χ0) is 20.9. The quantitative estimate of drug-likeness (QED) is 0.315. The predicted octanol–water partition coefficient (Wildman–Crippen LogP) is 4.50. The highest BCUT2D eigenvalue weighted by Gasteiger charge is 2.33. The first-order valence-electron chi connectivity index (χ1n) is 9.69. The number of rotatable bonds is 6. The summed E-state index contributed by atoms with van der Waals surface area (Å²) in [5, 5.41) is 7.97. The Labute approximate surface area is 196 Å². The van der Waals surface area contributed by atoms with Crippen LogP contribution in [0.4, 0.5) is 13.2 Å². The molecule has 2 atom stereocenters. The molecule has 2 unspecified atom stereocenters. The van der Waals surface area contributed by atoms with Crippen LogP contribution in [0.15, 0.2) is 40.7 Å². The van der Waals surface area contributed by atoms with E-state index in [0.717, 1.165) is 36.2 Å². The van der Waals surface area contributed by atoms with Crippen molar-refractivity contribution in [1.82, 2.24) is 20.5 Å². The van der Waals surface area contributed by atoms with E-state index in [9.17, 15) is 13.2 Å². The summed E-state index contributed by atoms with van der Waals surface area (Å²) >= 11 is 0.979. The van der Waals surface area contributed by atoms with Crippen LogP contribution in [0.3, 0.4) is 0 Å². The van der Waals surface area contributed by atoms with Gasteiger partial charge < -0.3 is 10.6 Å². The normalized spacial score (nSPS) is 20.1. The van der Waals surface area contributed by atoms with Crippen LogP contribution in [0.1, 0.15) is 36.5 Å². The van der Waals surface area contributed by atoms with Crippen LogP contribution in [0.2, 0.25) is 0 Å². The van der Waals surface area contributed by atoms with Gasteiger partial charge in [-0.25, -0.2) is 9.98 Å². The highest BCUT2D eigenvalue weighted by Crippen LogP contribution is 2.30. The van der Waals surface area contributed by atoms with Gasteiger partial charge in [-0.3, -0.25) is 4.90 Å². The zero-order valence-electron chi connectivity index (χ0n) is 16.9. The number of guanidine groups is 1. The van der Waals surface area contributed by atoms with Gasteiger partial charge in [-0.2, -0.15) is 13.2 Å². The molecule has 0 bridgehead atoms. The molecular formula is C20H27F3IN5S. The van der Waals surface area contributed by atoms with Gasteiger partial charge in [0, 0.05) is 37.1 Å². The Morgan fingerprint density at radius 2 is 2.03 bits per heavy atom. The van der Waals surface area contributed by atoms with Gasteiger partial charge in [0.15, 0.2) is 11.7 Å². The Kier molecular flexibility index (Phi) is 9.35. The average Bonchev–Trinajstić information content (AvgIpc) is 3.28. The van der Waals surface area contributed by atoms with Gasteiger partial charge in [-0.1, -0.05) is 30.3 Å². The molecule has 0 amide bonds. The molecule has 2 N–H and O–H groups in total. The number of hydrogen-bond donors (Lipinski definition) is 2. The lowest BCUT2D eigenvalue weighted by Crippen LogP contribution is -2.44. The first-order chi connectivity index (χ1) is 13.8. The third kappa shape index (κ3) is 7.09. The maximum absolute atomic E-state index is 12.7. The number of nitrogens with zero attached hydrogens (tertiary/aromatic N) is 3. The lowest BCUT2D eigenvalue weighted by atomic mass is 10.2. The molecule has 2 aromatic rings. The number of halogens is 4. The molecular weight excluding hydrogens is 526 g/mol. The van der Waals surface area contributed by atoms with E-state index >= 15 is 0 Å². The Morgan fingerprint density at radius 1 is 1.30 bits per heavy atom. The molecule has 10 heteroatoms. The van der Waals surface area contributed by atoms with Crippen molar-refractivity contribution in [2.75, 3.05) is 13.1 Å². The summed E-state index contributed by atoms with van der Waals surface area (Å²) in [6, 6.07) is 11.0. The molecule has 2 heterocycles. The Balaban J connectivity index is 0.00000320. The van der Waals surface area contributed by atoms with Crippen LogP contribution < -0.4 is 10.6 Å². The summed E-state index contributed by atoms with van der Waals surface area (Å²) < 4.78 is 38.1. The molecule has 1 fully saturated rings. The SMILES string of the molecule is CCNC(=NCc1nc(C(F)(F)F)cs1)NC1CC(C)N(Cc2ccccc2)C1.I. The molecule has 30 heavy (non-hydrogen) atoms. The zero-order valence-corrected chi connectivity index (χ0v) is 20.1. The standard InChI is InChI=1S/C20H26F3N5S.HI/c1-3-24-19(25-10-18-27-17(13-29-18)20(21,22)23)26-16-9-14(2)28(12-16)11-15-7-5-4-6-8-15;/h4-8,13-14,16H,3,9-12H2,1-2H3,(H2,24,25,26);1H. The maximum atomic E-state index is 12.7. The van der Waals surface area contributed by atoms with E-state index in [2.05, 4.69) is 44.6 Å². The number of thiazole rings is 1. The molecule has 0 radical (unpaired) electrons. The molecule has 0 aliphatic carbocycles. The van der Waals surface area contributed by atoms with Crippen molar-refractivity contribution in [2.45, 2.75) is 51.6 Å². The van der Waals surface area contributed by atoms with Crippen LogP contribution in [-0.2, 0) is 19.3 Å². The van der Waals surface area contributed by atoms with Crippen molar-refractivity contribution in [3.8, 4) is 0 Å². The van der Waals surface area contributed by atoms with Gasteiger partial charge in [0.2, 0.25) is 0 Å². The number of aromatic nitrogens is 1. The van der Waals surface area contributed by atoms with Crippen LogP contribution >= 0.6 is 35.3 Å². The highest BCUT2D eigenvalue weighted by molar-refractivity contribution is 14.0. The highest BCUT2D eigenvalue weighted by atomic mass is 127. The summed E-state index contributed by atoms with van der Waals surface area (Å²) in [6.45, 7) is 6.74. The fourth-order valence-corrected chi connectivity index (χ4v) is 4.14. The number of nitrogens with one attached hydrogen (secondary N) is 2. The lowest BCUT2D eigenvalue weighted by Gasteiger charge is -2.21. The van der Waals surface area contributed by atoms with Gasteiger partial charge in [-0.05, 0) is 25.8 Å². The molecule has 1 aromatic heterocycles. The van der Waals surface area contributed by atoms with Crippen LogP contribution in [-0.4, -0.2) is 41.0 Å². The van der Waals surface area contributed by atoms with E-state index in [4.69, 9.17) is 0 Å². The van der Waals surface area contributed by atoms with Crippen molar-refractivity contribution < 1.29 is 13.2 Å². The van der Waals surface area contributed by atoms with E-state index in [-0.39, 0.29) is 36.6 Å². The Bertz CT molecular complexity index is 812. The van der Waals surface area contributed by atoms with Gasteiger partial charge in [-0.15, -0.1) is 35.3 Å². The third-order valence-corrected chi connectivity index (χ3v) is 5.67. The van der Waals surface area contributed by atoms with Gasteiger partial charge in [0.05, 0.1) is 6.54 Å². The third-order valence-electron chi connectivity index (χ3n) is 4.83. The van der Waals surface area contributed by atoms with Crippen molar-refractivity contribution in [3.63, 3.8) is 0 Å². The summed E-state index contributed by atoms with van der Waals surface area (Å²) in [5.41, 5.74) is 0.427. The minimum absolute atomic E-state index is 0. The van der Waals surface area contributed by atoms with E-state index < -0.39 is 11.9 Å². The Hall–Kier alpha value is -1.40. The number of aliphatic imine (C=N–C) groups is 1. The molecule has 0 spiro atoms. The molecule has 1 saturated heterocycles. The second-order valence-electron chi connectivity index (χ2n) is 7.16. The fraction of sp³-hybridized carbons (Fsp3) is 0.500. The number of hydrogen-bond acceptors (Lipinski definition) is 4. The minimum Gasteiger partial charge on any atom is -0.357 e. The number of benzene rings is 1. The minimum atomic E-state index is -4.41. The van der Waals surface area contributed by atoms with Crippen molar-refractivity contribution in [1.29, 1.82) is 0 Å². The van der Waals surface area contributed by atoms with E-state index in [1.54, 1.807) is 0 Å². The lowest BCUT2D eigenvalue weighted by molar-refractivity contribution is -0.140. The molecule has 5 nitrogen and oxygen atoms in total. The second kappa shape index (κ2) is 11.3. The van der Waals surface area contributed by atoms with Crippen molar-refractivity contribution >= 4 is 41.3 Å². The topological polar surface area (TPSA) is 52.6 Å². The fourth-order valence-electron chi connectivity index (χ4n) is 3.42. The Morgan fingerprint density at radius 3 is 2.67 bits per heavy atom. The summed E-state index contributed by atoms with van der Waals surface area (Å²) in [5.74, 6) is 0.606. The van der Waals surface area contributed by atoms with Crippen molar-refractivity contribution in [3.05, 3.63) is 52.0 Å². The number of likely N-dealkylation sites (tertiary alicyclic amines) is 1. The van der Waals surface area contributed by atoms with Crippen LogP contribution in [0.25, 0.3) is 0 Å². The summed E-state index contributed by atoms with van der Waals surface area (Å²) in [6.07, 6.45) is -3.43. The first kappa shape index (κ1) is 24.9. The van der Waals surface area contributed by atoms with E-state index in [1.807, 2.05) is 25.1 Å².